The summed E-state index contributed by atoms with van der Waals surface area (Å²) in [5.74, 6) is 2.39. The monoisotopic (exact) mass is 488 g/mol. The number of aryl methyl sites for hydroxylation is 4. The average Bonchev–Trinajstić information content (AvgIpc) is 2.78. The van der Waals surface area contributed by atoms with Gasteiger partial charge < -0.3 is 20.9 Å². The quantitative estimate of drug-likeness (QED) is 0.300. The number of nitrogen functional groups attached to an aromatic ring is 2. The molecule has 0 atom stereocenters. The van der Waals surface area contributed by atoms with Crippen molar-refractivity contribution in [2.24, 2.45) is 0 Å². The Kier molecular flexibility index (Phi) is 6.45. The molecule has 0 spiro atoms. The minimum absolute atomic E-state index is 0.204. The SMILES string of the molecule is Cc1cc(S(=O)(=O)c2cc(C)c(Oc3cccc(N)c3)c(C)c2)cc(C)c1Oc1cccc(N)c1. The molecule has 0 unspecified atom stereocenters. The van der Waals surface area contributed by atoms with E-state index in [4.69, 9.17) is 20.9 Å². The molecule has 0 aliphatic heterocycles. The van der Waals surface area contributed by atoms with E-state index in [-0.39, 0.29) is 9.79 Å². The fourth-order valence-electron chi connectivity index (χ4n) is 3.98. The molecule has 4 aromatic rings. The Hall–Kier alpha value is -3.97. The molecule has 4 rings (SSSR count). The summed E-state index contributed by atoms with van der Waals surface area (Å²) in [5, 5.41) is 0. The van der Waals surface area contributed by atoms with Crippen LogP contribution in [0.4, 0.5) is 11.4 Å². The van der Waals surface area contributed by atoms with Crippen LogP contribution in [-0.4, -0.2) is 8.42 Å². The van der Waals surface area contributed by atoms with Crippen LogP contribution in [0.5, 0.6) is 23.0 Å². The molecule has 4 N–H and O–H groups in total. The Morgan fingerprint density at radius 1 is 0.571 bits per heavy atom. The van der Waals surface area contributed by atoms with Gasteiger partial charge >= 0.3 is 0 Å². The zero-order valence-corrected chi connectivity index (χ0v) is 20.9. The summed E-state index contributed by atoms with van der Waals surface area (Å²) in [4.78, 5) is 0.409. The molecule has 6 nitrogen and oxygen atoms in total. The summed E-state index contributed by atoms with van der Waals surface area (Å²) < 4.78 is 39.1. The second-order valence-electron chi connectivity index (χ2n) is 8.62. The van der Waals surface area contributed by atoms with Crippen molar-refractivity contribution in [3.63, 3.8) is 0 Å². The van der Waals surface area contributed by atoms with Gasteiger partial charge in [-0.05, 0) is 98.5 Å². The summed E-state index contributed by atoms with van der Waals surface area (Å²) in [6.07, 6.45) is 0. The van der Waals surface area contributed by atoms with E-state index in [1.807, 2.05) is 27.7 Å². The largest absolute Gasteiger partial charge is 0.457 e. The summed E-state index contributed by atoms with van der Waals surface area (Å²) in [6.45, 7) is 7.30. The van der Waals surface area contributed by atoms with Crippen LogP contribution in [0.2, 0.25) is 0 Å². The normalized spacial score (nSPS) is 11.3. The van der Waals surface area contributed by atoms with E-state index >= 15 is 0 Å². The van der Waals surface area contributed by atoms with Crippen molar-refractivity contribution in [1.82, 2.24) is 0 Å². The fraction of sp³-hybridized carbons (Fsp3) is 0.143. The molecule has 35 heavy (non-hydrogen) atoms. The third-order valence-corrected chi connectivity index (χ3v) is 7.36. The van der Waals surface area contributed by atoms with Gasteiger partial charge in [-0.3, -0.25) is 0 Å². The van der Waals surface area contributed by atoms with E-state index < -0.39 is 9.84 Å². The topological polar surface area (TPSA) is 105 Å². The molecule has 0 aromatic heterocycles. The standard InChI is InChI=1S/C28H28N2O4S/c1-17-11-25(12-18(2)27(17)33-23-9-5-7-21(29)15-23)35(31,32)26-13-19(3)28(20(4)14-26)34-24-10-6-8-22(30)16-24/h5-16H,29-30H2,1-4H3. The van der Waals surface area contributed by atoms with Crippen LogP contribution in [0, 0.1) is 27.7 Å². The van der Waals surface area contributed by atoms with Gasteiger partial charge in [0.1, 0.15) is 23.0 Å². The number of hydrogen-bond acceptors (Lipinski definition) is 6. The number of benzene rings is 4. The lowest BCUT2D eigenvalue weighted by Crippen LogP contribution is -2.06. The minimum atomic E-state index is -3.77. The smallest absolute Gasteiger partial charge is 0.206 e. The maximum Gasteiger partial charge on any atom is 0.206 e. The number of anilines is 2. The Morgan fingerprint density at radius 3 is 1.23 bits per heavy atom. The van der Waals surface area contributed by atoms with Crippen LogP contribution in [0.3, 0.4) is 0 Å². The highest BCUT2D eigenvalue weighted by Crippen LogP contribution is 2.36. The summed E-state index contributed by atoms with van der Waals surface area (Å²) in [6, 6.07) is 20.7. The number of nitrogens with two attached hydrogens (primary N) is 2. The number of ether oxygens (including phenoxy) is 2. The molecule has 4 aromatic carbocycles. The summed E-state index contributed by atoms with van der Waals surface area (Å²) in [7, 11) is -3.77. The van der Waals surface area contributed by atoms with Crippen LogP contribution in [-0.2, 0) is 9.84 Å². The summed E-state index contributed by atoms with van der Waals surface area (Å²) in [5.41, 5.74) is 15.7. The maximum absolute atomic E-state index is 13.6. The third-order valence-electron chi connectivity index (χ3n) is 5.64. The number of rotatable bonds is 6. The molecule has 0 aliphatic carbocycles. The van der Waals surface area contributed by atoms with Gasteiger partial charge in [-0.1, -0.05) is 12.1 Å². The van der Waals surface area contributed by atoms with E-state index in [0.717, 1.165) is 0 Å². The minimum Gasteiger partial charge on any atom is -0.457 e. The first-order valence-corrected chi connectivity index (χ1v) is 12.6. The van der Waals surface area contributed by atoms with E-state index in [0.29, 0.717) is 56.6 Å². The molecule has 0 amide bonds. The van der Waals surface area contributed by atoms with Gasteiger partial charge in [-0.2, -0.15) is 0 Å². The van der Waals surface area contributed by atoms with Gasteiger partial charge in [0.25, 0.3) is 0 Å². The second-order valence-corrected chi connectivity index (χ2v) is 10.6. The van der Waals surface area contributed by atoms with Crippen molar-refractivity contribution < 1.29 is 17.9 Å². The van der Waals surface area contributed by atoms with E-state index in [9.17, 15) is 8.42 Å². The van der Waals surface area contributed by atoms with Crippen molar-refractivity contribution in [1.29, 1.82) is 0 Å². The highest BCUT2D eigenvalue weighted by molar-refractivity contribution is 7.91. The Bertz CT molecular complexity index is 1370. The maximum atomic E-state index is 13.6. The molecule has 180 valence electrons. The highest BCUT2D eigenvalue weighted by Gasteiger charge is 2.23. The summed E-state index contributed by atoms with van der Waals surface area (Å²) >= 11 is 0. The zero-order chi connectivity index (χ0) is 25.3. The lowest BCUT2D eigenvalue weighted by molar-refractivity contribution is 0.474. The lowest BCUT2D eigenvalue weighted by Gasteiger charge is -2.16. The fourth-order valence-corrected chi connectivity index (χ4v) is 5.58. The van der Waals surface area contributed by atoms with Gasteiger partial charge in [0, 0.05) is 23.5 Å². The molecule has 0 radical (unpaired) electrons. The molecular weight excluding hydrogens is 460 g/mol. The first kappa shape index (κ1) is 24.2. The number of sulfone groups is 1. The predicted octanol–water partition coefficient (Wildman–Crippen LogP) is 6.50. The van der Waals surface area contributed by atoms with Crippen molar-refractivity contribution >= 4 is 21.2 Å². The Morgan fingerprint density at radius 2 is 0.914 bits per heavy atom. The van der Waals surface area contributed by atoms with Crippen molar-refractivity contribution in [2.75, 3.05) is 11.5 Å². The van der Waals surface area contributed by atoms with Crippen molar-refractivity contribution in [2.45, 2.75) is 37.5 Å². The Balaban J connectivity index is 1.67. The second kappa shape index (κ2) is 9.35. The van der Waals surface area contributed by atoms with E-state index in [2.05, 4.69) is 0 Å². The van der Waals surface area contributed by atoms with Gasteiger partial charge in [0.05, 0.1) is 9.79 Å². The van der Waals surface area contributed by atoms with E-state index in [1.165, 1.54) is 0 Å². The Labute approximate surface area is 206 Å². The van der Waals surface area contributed by atoms with Crippen molar-refractivity contribution in [3.8, 4) is 23.0 Å². The van der Waals surface area contributed by atoms with Gasteiger partial charge in [-0.25, -0.2) is 8.42 Å². The number of hydrogen-bond donors (Lipinski definition) is 2. The third kappa shape index (κ3) is 5.10. The van der Waals surface area contributed by atoms with Gasteiger partial charge in [0.15, 0.2) is 0 Å². The van der Waals surface area contributed by atoms with Crippen LogP contribution in [0.25, 0.3) is 0 Å². The molecule has 0 heterocycles. The first-order valence-electron chi connectivity index (χ1n) is 11.1. The molecule has 0 aliphatic rings. The molecule has 0 fully saturated rings. The van der Waals surface area contributed by atoms with Crippen LogP contribution >= 0.6 is 0 Å². The molecule has 0 saturated heterocycles. The highest BCUT2D eigenvalue weighted by atomic mass is 32.2. The van der Waals surface area contributed by atoms with Crippen LogP contribution in [0.15, 0.2) is 82.6 Å². The first-order chi connectivity index (χ1) is 16.5. The average molecular weight is 489 g/mol. The van der Waals surface area contributed by atoms with Crippen LogP contribution < -0.4 is 20.9 Å². The molecule has 0 saturated carbocycles. The van der Waals surface area contributed by atoms with Gasteiger partial charge in [0.2, 0.25) is 9.84 Å². The molecular formula is C28H28N2O4S. The van der Waals surface area contributed by atoms with Gasteiger partial charge in [-0.15, -0.1) is 0 Å². The predicted molar refractivity (Wildman–Crippen MR) is 139 cm³/mol. The molecule has 0 bridgehead atoms. The molecule has 7 heteroatoms. The van der Waals surface area contributed by atoms with Crippen molar-refractivity contribution in [3.05, 3.63) is 95.1 Å². The van der Waals surface area contributed by atoms with Crippen LogP contribution in [0.1, 0.15) is 22.3 Å². The van der Waals surface area contributed by atoms with E-state index in [1.54, 1.807) is 72.8 Å². The lowest BCUT2D eigenvalue weighted by atomic mass is 10.1. The zero-order valence-electron chi connectivity index (χ0n) is 20.1.